The van der Waals surface area contributed by atoms with Gasteiger partial charge in [0.05, 0.1) is 12.8 Å². The second-order valence-corrected chi connectivity index (χ2v) is 6.25. The molecule has 0 rings (SSSR count). The van der Waals surface area contributed by atoms with Gasteiger partial charge in [0.15, 0.2) is 0 Å². The summed E-state index contributed by atoms with van der Waals surface area (Å²) in [6.07, 6.45) is 3.80. The summed E-state index contributed by atoms with van der Waals surface area (Å²) in [5, 5.41) is 0. The molecule has 0 aliphatic heterocycles. The maximum absolute atomic E-state index is 11.8. The first kappa shape index (κ1) is 16.4. The lowest BCUT2D eigenvalue weighted by Crippen LogP contribution is -2.41. The normalized spacial score (nSPS) is 11.8. The molecule has 0 N–H and O–H groups in total. The second-order valence-electron chi connectivity index (χ2n) is 4.27. The molecule has 17 heavy (non-hydrogen) atoms. The fraction of sp³-hybridized carbons (Fsp3) is 0.909. The molecule has 0 aromatic heterocycles. The van der Waals surface area contributed by atoms with E-state index in [0.717, 1.165) is 19.1 Å². The lowest BCUT2D eigenvalue weighted by atomic mass is 10.3. The van der Waals surface area contributed by atoms with E-state index >= 15 is 0 Å². The molecule has 102 valence electrons. The van der Waals surface area contributed by atoms with Crippen molar-refractivity contribution in [2.24, 2.45) is 0 Å². The van der Waals surface area contributed by atoms with Gasteiger partial charge in [-0.25, -0.2) is 8.42 Å². The molecular weight excluding hydrogens is 240 g/mol. The van der Waals surface area contributed by atoms with Gasteiger partial charge in [0.25, 0.3) is 0 Å². The number of nitrogens with zero attached hydrogens (tertiary/aromatic N) is 2. The van der Waals surface area contributed by atoms with Gasteiger partial charge in [-0.1, -0.05) is 20.3 Å². The maximum Gasteiger partial charge on any atom is 0.237 e. The van der Waals surface area contributed by atoms with E-state index in [-0.39, 0.29) is 12.5 Å². The first-order valence-electron chi connectivity index (χ1n) is 6.02. The van der Waals surface area contributed by atoms with E-state index in [1.54, 1.807) is 11.9 Å². The molecule has 0 unspecified atom stereocenters. The van der Waals surface area contributed by atoms with E-state index in [2.05, 4.69) is 6.92 Å². The van der Waals surface area contributed by atoms with Gasteiger partial charge in [-0.2, -0.15) is 4.31 Å². The predicted octanol–water partition coefficient (Wildman–Crippen LogP) is 0.917. The van der Waals surface area contributed by atoms with Crippen LogP contribution < -0.4 is 0 Å². The molecule has 0 aliphatic rings. The summed E-state index contributed by atoms with van der Waals surface area (Å²) in [5.74, 6) is -0.141. The fourth-order valence-corrected chi connectivity index (χ4v) is 2.26. The van der Waals surface area contributed by atoms with Crippen LogP contribution >= 0.6 is 0 Å². The van der Waals surface area contributed by atoms with Crippen LogP contribution in [0.3, 0.4) is 0 Å². The number of unbranched alkanes of at least 4 members (excludes halogenated alkanes) is 1. The Kier molecular flexibility index (Phi) is 7.38. The average Bonchev–Trinajstić information content (AvgIpc) is 2.23. The molecule has 0 saturated heterocycles. The van der Waals surface area contributed by atoms with Crippen molar-refractivity contribution in [2.75, 3.05) is 32.9 Å². The first-order valence-corrected chi connectivity index (χ1v) is 7.86. The SMILES string of the molecule is CCCCN(C)C(=O)CN(CCC)S(C)(=O)=O. The number of likely N-dealkylation sites (N-methyl/N-ethyl adjacent to an activating group) is 1. The minimum atomic E-state index is -3.29. The first-order chi connectivity index (χ1) is 7.82. The Morgan fingerprint density at radius 1 is 1.12 bits per heavy atom. The molecule has 0 bridgehead atoms. The Morgan fingerprint density at radius 2 is 1.71 bits per heavy atom. The molecule has 0 saturated carbocycles. The van der Waals surface area contributed by atoms with Crippen LogP contribution in [0.2, 0.25) is 0 Å². The Morgan fingerprint density at radius 3 is 2.12 bits per heavy atom. The molecule has 5 nitrogen and oxygen atoms in total. The quantitative estimate of drug-likeness (QED) is 0.655. The summed E-state index contributed by atoms with van der Waals surface area (Å²) in [7, 11) is -1.58. The van der Waals surface area contributed by atoms with E-state index in [1.807, 2.05) is 6.92 Å². The zero-order valence-corrected chi connectivity index (χ0v) is 12.1. The maximum atomic E-state index is 11.8. The van der Waals surface area contributed by atoms with Crippen molar-refractivity contribution >= 4 is 15.9 Å². The Hall–Kier alpha value is -0.620. The number of carbonyl (C=O) groups is 1. The predicted molar refractivity (Wildman–Crippen MR) is 69.3 cm³/mol. The van der Waals surface area contributed by atoms with Crippen molar-refractivity contribution in [2.45, 2.75) is 33.1 Å². The molecule has 6 heteroatoms. The monoisotopic (exact) mass is 264 g/mol. The largest absolute Gasteiger partial charge is 0.345 e. The highest BCUT2D eigenvalue weighted by Crippen LogP contribution is 2.02. The topological polar surface area (TPSA) is 57.7 Å². The minimum Gasteiger partial charge on any atom is -0.345 e. The standard InChI is InChI=1S/C11H24N2O3S/c1-5-7-9-12(3)11(14)10-13(8-6-2)17(4,15)16/h5-10H2,1-4H3. The van der Waals surface area contributed by atoms with Crippen LogP contribution in [0, 0.1) is 0 Å². The summed E-state index contributed by atoms with van der Waals surface area (Å²) in [5.41, 5.74) is 0. The van der Waals surface area contributed by atoms with Crippen LogP contribution in [0.5, 0.6) is 0 Å². The number of hydrogen-bond donors (Lipinski definition) is 0. The van der Waals surface area contributed by atoms with Gasteiger partial charge >= 0.3 is 0 Å². The zero-order chi connectivity index (χ0) is 13.5. The fourth-order valence-electron chi connectivity index (χ4n) is 1.40. The Labute approximate surface area is 105 Å². The van der Waals surface area contributed by atoms with Crippen molar-refractivity contribution in [3.8, 4) is 0 Å². The third-order valence-corrected chi connectivity index (χ3v) is 3.78. The molecular formula is C11H24N2O3S. The molecule has 0 atom stereocenters. The lowest BCUT2D eigenvalue weighted by Gasteiger charge is -2.23. The molecule has 1 amide bonds. The van der Waals surface area contributed by atoms with E-state index in [1.165, 1.54) is 4.31 Å². The Balaban J connectivity index is 4.40. The van der Waals surface area contributed by atoms with Crippen molar-refractivity contribution in [3.05, 3.63) is 0 Å². The van der Waals surface area contributed by atoms with Crippen LogP contribution in [0.25, 0.3) is 0 Å². The van der Waals surface area contributed by atoms with Gasteiger partial charge in [0.2, 0.25) is 15.9 Å². The van der Waals surface area contributed by atoms with E-state index in [0.29, 0.717) is 19.5 Å². The smallest absolute Gasteiger partial charge is 0.237 e. The van der Waals surface area contributed by atoms with Gasteiger partial charge in [0, 0.05) is 20.1 Å². The van der Waals surface area contributed by atoms with Gasteiger partial charge < -0.3 is 4.90 Å². The molecule has 0 radical (unpaired) electrons. The summed E-state index contributed by atoms with van der Waals surface area (Å²) < 4.78 is 24.1. The van der Waals surface area contributed by atoms with Gasteiger partial charge in [-0.3, -0.25) is 4.79 Å². The summed E-state index contributed by atoms with van der Waals surface area (Å²) in [6.45, 7) is 4.97. The van der Waals surface area contributed by atoms with Crippen molar-refractivity contribution < 1.29 is 13.2 Å². The summed E-state index contributed by atoms with van der Waals surface area (Å²) in [4.78, 5) is 13.4. The van der Waals surface area contributed by atoms with Gasteiger partial charge in [-0.05, 0) is 12.8 Å². The molecule has 0 spiro atoms. The van der Waals surface area contributed by atoms with E-state index < -0.39 is 10.0 Å². The molecule has 0 aromatic rings. The van der Waals surface area contributed by atoms with E-state index in [9.17, 15) is 13.2 Å². The van der Waals surface area contributed by atoms with Gasteiger partial charge in [0.1, 0.15) is 0 Å². The third-order valence-electron chi connectivity index (χ3n) is 2.53. The minimum absolute atomic E-state index is 0.0487. The van der Waals surface area contributed by atoms with Crippen LogP contribution in [0.15, 0.2) is 0 Å². The molecule has 0 fully saturated rings. The van der Waals surface area contributed by atoms with Crippen LogP contribution in [0.4, 0.5) is 0 Å². The molecule has 0 heterocycles. The van der Waals surface area contributed by atoms with Crippen LogP contribution in [0.1, 0.15) is 33.1 Å². The number of hydrogen-bond acceptors (Lipinski definition) is 3. The average molecular weight is 264 g/mol. The third kappa shape index (κ3) is 6.63. The highest BCUT2D eigenvalue weighted by atomic mass is 32.2. The summed E-state index contributed by atoms with van der Waals surface area (Å²) >= 11 is 0. The van der Waals surface area contributed by atoms with E-state index in [4.69, 9.17) is 0 Å². The van der Waals surface area contributed by atoms with Gasteiger partial charge in [-0.15, -0.1) is 0 Å². The Bertz CT molecular complexity index is 328. The van der Waals surface area contributed by atoms with Crippen molar-refractivity contribution in [1.82, 2.24) is 9.21 Å². The number of amides is 1. The summed E-state index contributed by atoms with van der Waals surface area (Å²) in [6, 6.07) is 0. The second kappa shape index (κ2) is 7.66. The number of rotatable bonds is 8. The van der Waals surface area contributed by atoms with Crippen LogP contribution in [-0.2, 0) is 14.8 Å². The number of sulfonamides is 1. The van der Waals surface area contributed by atoms with Crippen molar-refractivity contribution in [3.63, 3.8) is 0 Å². The van der Waals surface area contributed by atoms with Crippen molar-refractivity contribution in [1.29, 1.82) is 0 Å². The molecule has 0 aromatic carbocycles. The number of carbonyl (C=O) groups excluding carboxylic acids is 1. The highest BCUT2D eigenvalue weighted by molar-refractivity contribution is 7.88. The molecule has 0 aliphatic carbocycles. The van der Waals surface area contributed by atoms with Crippen LogP contribution in [-0.4, -0.2) is 56.5 Å². The lowest BCUT2D eigenvalue weighted by molar-refractivity contribution is -0.130. The zero-order valence-electron chi connectivity index (χ0n) is 11.3. The highest BCUT2D eigenvalue weighted by Gasteiger charge is 2.20.